The van der Waals surface area contributed by atoms with Gasteiger partial charge in [0.25, 0.3) is 0 Å². The van der Waals surface area contributed by atoms with Gasteiger partial charge in [-0.3, -0.25) is 0 Å². The zero-order chi connectivity index (χ0) is 26.7. The van der Waals surface area contributed by atoms with Crippen molar-refractivity contribution in [1.82, 2.24) is 0 Å². The molecule has 2 aliphatic rings. The third-order valence-electron chi connectivity index (χ3n) is 6.46. The lowest BCUT2D eigenvalue weighted by molar-refractivity contribution is 0.236. The van der Waals surface area contributed by atoms with Crippen LogP contribution in [-0.2, 0) is 18.9 Å². The molecule has 0 spiro atoms. The topological polar surface area (TPSA) is 86.4 Å². The fraction of sp³-hybridized carbons (Fsp3) is 0.857. The second-order valence-electron chi connectivity index (χ2n) is 10.0. The van der Waals surface area contributed by atoms with Crippen LogP contribution in [0.25, 0.3) is 0 Å². The van der Waals surface area contributed by atoms with E-state index in [1.165, 1.54) is 0 Å². The van der Waals surface area contributed by atoms with Gasteiger partial charge in [0.1, 0.15) is 24.2 Å². The molecule has 0 radical (unpaired) electrons. The molecule has 0 aromatic rings. The van der Waals surface area contributed by atoms with Crippen molar-refractivity contribution in [3.63, 3.8) is 0 Å². The average molecular weight is 507 g/mol. The standard InChI is InChI=1S/C28H50N4O4/c1-10-15-16-17-20(23-27(35-13-4)29-21(18(6)7)25(31-23)33-11-2)24-28(36-14-5)30-22(19(8)9)26(32-24)34-12-3/h18-24H,10-17H2,1-9H3/t21-,22-,23+,24+/m0/s1. The smallest absolute Gasteiger partial charge is 0.210 e. The number of aliphatic imine (C=N–C) groups is 4. The molecule has 0 aliphatic carbocycles. The van der Waals surface area contributed by atoms with E-state index in [1.807, 2.05) is 27.7 Å². The maximum absolute atomic E-state index is 6.14. The fourth-order valence-corrected chi connectivity index (χ4v) is 4.70. The molecule has 0 N–H and O–H groups in total. The molecule has 0 saturated carbocycles. The Morgan fingerprint density at radius 3 is 1.17 bits per heavy atom. The highest BCUT2D eigenvalue weighted by molar-refractivity contribution is 5.97. The van der Waals surface area contributed by atoms with Gasteiger partial charge >= 0.3 is 0 Å². The molecule has 0 saturated heterocycles. The summed E-state index contributed by atoms with van der Waals surface area (Å²) in [5, 5.41) is 0. The summed E-state index contributed by atoms with van der Waals surface area (Å²) in [5.41, 5.74) is 0. The third-order valence-corrected chi connectivity index (χ3v) is 6.46. The van der Waals surface area contributed by atoms with E-state index in [2.05, 4.69) is 34.6 Å². The van der Waals surface area contributed by atoms with Gasteiger partial charge in [-0.1, -0.05) is 53.9 Å². The summed E-state index contributed by atoms with van der Waals surface area (Å²) in [6.45, 7) is 20.9. The van der Waals surface area contributed by atoms with E-state index in [-0.39, 0.29) is 41.9 Å². The third kappa shape index (κ3) is 7.69. The van der Waals surface area contributed by atoms with Crippen molar-refractivity contribution >= 4 is 23.6 Å². The quantitative estimate of drug-likeness (QED) is 0.316. The van der Waals surface area contributed by atoms with Gasteiger partial charge in [-0.2, -0.15) is 0 Å². The molecule has 8 nitrogen and oxygen atoms in total. The second-order valence-corrected chi connectivity index (χ2v) is 10.0. The average Bonchev–Trinajstić information content (AvgIpc) is 2.84. The monoisotopic (exact) mass is 506 g/mol. The Balaban J connectivity index is 2.62. The lowest BCUT2D eigenvalue weighted by Gasteiger charge is -2.37. The number of unbranched alkanes of at least 4 members (excludes halogenated alkanes) is 2. The maximum atomic E-state index is 6.14. The molecule has 0 aromatic heterocycles. The minimum Gasteiger partial charge on any atom is -0.480 e. The first-order chi connectivity index (χ1) is 17.3. The molecule has 0 unspecified atom stereocenters. The van der Waals surface area contributed by atoms with Crippen molar-refractivity contribution in [3.05, 3.63) is 0 Å². The summed E-state index contributed by atoms with van der Waals surface area (Å²) in [6, 6.07) is -0.955. The van der Waals surface area contributed by atoms with Gasteiger partial charge in [-0.05, 0) is 46.0 Å². The van der Waals surface area contributed by atoms with E-state index in [0.717, 1.165) is 25.7 Å². The minimum absolute atomic E-state index is 0.0423. The molecular weight excluding hydrogens is 456 g/mol. The second kappa shape index (κ2) is 15.2. The molecule has 2 aliphatic heterocycles. The first-order valence-corrected chi connectivity index (χ1v) is 14.1. The van der Waals surface area contributed by atoms with E-state index in [0.29, 0.717) is 50.0 Å². The van der Waals surface area contributed by atoms with Crippen LogP contribution in [0, 0.1) is 17.8 Å². The van der Waals surface area contributed by atoms with Crippen LogP contribution in [-0.4, -0.2) is 74.2 Å². The zero-order valence-electron chi connectivity index (χ0n) is 24.1. The molecule has 0 aromatic carbocycles. The van der Waals surface area contributed by atoms with Crippen molar-refractivity contribution in [3.8, 4) is 0 Å². The summed E-state index contributed by atoms with van der Waals surface area (Å²) in [4.78, 5) is 20.4. The van der Waals surface area contributed by atoms with Crippen LogP contribution in [0.5, 0.6) is 0 Å². The number of hydrogen-bond donors (Lipinski definition) is 0. The summed E-state index contributed by atoms with van der Waals surface area (Å²) in [6.07, 6.45) is 4.21. The molecule has 4 atom stereocenters. The normalized spacial score (nSPS) is 24.3. The largest absolute Gasteiger partial charge is 0.480 e. The molecule has 36 heavy (non-hydrogen) atoms. The van der Waals surface area contributed by atoms with Crippen LogP contribution in [0.3, 0.4) is 0 Å². The van der Waals surface area contributed by atoms with Crippen LogP contribution in [0.4, 0.5) is 0 Å². The van der Waals surface area contributed by atoms with E-state index in [4.69, 9.17) is 38.9 Å². The van der Waals surface area contributed by atoms with Crippen molar-refractivity contribution < 1.29 is 18.9 Å². The van der Waals surface area contributed by atoms with E-state index < -0.39 is 0 Å². The Hall–Kier alpha value is -2.12. The van der Waals surface area contributed by atoms with Crippen molar-refractivity contribution in [2.45, 2.75) is 112 Å². The van der Waals surface area contributed by atoms with E-state index in [1.54, 1.807) is 0 Å². The first kappa shape index (κ1) is 30.1. The van der Waals surface area contributed by atoms with E-state index in [9.17, 15) is 0 Å². The maximum Gasteiger partial charge on any atom is 0.210 e. The Morgan fingerprint density at radius 2 is 0.861 bits per heavy atom. The molecule has 2 rings (SSSR count). The van der Waals surface area contributed by atoms with Crippen LogP contribution in [0.15, 0.2) is 20.0 Å². The molecule has 2 heterocycles. The highest BCUT2D eigenvalue weighted by Crippen LogP contribution is 2.32. The van der Waals surface area contributed by atoms with Crippen molar-refractivity contribution in [1.29, 1.82) is 0 Å². The highest BCUT2D eigenvalue weighted by atomic mass is 16.5. The van der Waals surface area contributed by atoms with Crippen LogP contribution >= 0.6 is 0 Å². The number of hydrogen-bond acceptors (Lipinski definition) is 8. The molecule has 8 heteroatoms. The Morgan fingerprint density at radius 1 is 0.528 bits per heavy atom. The Bertz CT molecular complexity index is 730. The predicted molar refractivity (Wildman–Crippen MR) is 149 cm³/mol. The first-order valence-electron chi connectivity index (χ1n) is 14.1. The molecule has 0 fully saturated rings. The van der Waals surface area contributed by atoms with Gasteiger partial charge in [0.2, 0.25) is 23.6 Å². The van der Waals surface area contributed by atoms with Crippen molar-refractivity contribution in [2.75, 3.05) is 26.4 Å². The molecule has 0 amide bonds. The molecular formula is C28H50N4O4. The lowest BCUT2D eigenvalue weighted by Crippen LogP contribution is -2.49. The zero-order valence-corrected chi connectivity index (χ0v) is 24.1. The van der Waals surface area contributed by atoms with Crippen LogP contribution < -0.4 is 0 Å². The van der Waals surface area contributed by atoms with Gasteiger partial charge in [0.15, 0.2) is 0 Å². The molecule has 206 valence electrons. The van der Waals surface area contributed by atoms with Crippen LogP contribution in [0.1, 0.15) is 88.0 Å². The summed E-state index contributed by atoms with van der Waals surface area (Å²) >= 11 is 0. The summed E-state index contributed by atoms with van der Waals surface area (Å²) < 4.78 is 24.3. The SMILES string of the molecule is CCCCCC([C@H]1N=C(OCC)[C@H](C(C)C)N=C1OCC)[C@H]1N=C(OCC)[C@H](C(C)C)N=C1OCC. The Labute approximate surface area is 219 Å². The summed E-state index contributed by atoms with van der Waals surface area (Å²) in [5.74, 6) is 3.14. The van der Waals surface area contributed by atoms with Crippen LogP contribution in [0.2, 0.25) is 0 Å². The van der Waals surface area contributed by atoms with Gasteiger partial charge in [0, 0.05) is 5.92 Å². The lowest BCUT2D eigenvalue weighted by atomic mass is 9.84. The van der Waals surface area contributed by atoms with E-state index >= 15 is 0 Å². The minimum atomic E-state index is -0.323. The fourth-order valence-electron chi connectivity index (χ4n) is 4.70. The van der Waals surface area contributed by atoms with Crippen molar-refractivity contribution in [2.24, 2.45) is 37.7 Å². The Kier molecular flexibility index (Phi) is 12.7. The predicted octanol–water partition coefficient (Wildman–Crippen LogP) is 5.74. The van der Waals surface area contributed by atoms with Gasteiger partial charge in [-0.15, -0.1) is 0 Å². The number of ether oxygens (including phenoxy) is 4. The molecule has 0 bridgehead atoms. The highest BCUT2D eigenvalue weighted by Gasteiger charge is 2.44. The summed E-state index contributed by atoms with van der Waals surface area (Å²) in [7, 11) is 0. The number of rotatable bonds is 12. The van der Waals surface area contributed by atoms with Gasteiger partial charge < -0.3 is 18.9 Å². The van der Waals surface area contributed by atoms with Gasteiger partial charge in [0.05, 0.1) is 26.4 Å². The number of nitrogens with zero attached hydrogens (tertiary/aromatic N) is 4. The van der Waals surface area contributed by atoms with Gasteiger partial charge in [-0.25, -0.2) is 20.0 Å².